The van der Waals surface area contributed by atoms with Gasteiger partial charge in [-0.1, -0.05) is 13.3 Å². The van der Waals surface area contributed by atoms with Crippen LogP contribution in [0.5, 0.6) is 5.75 Å². The molecule has 1 rings (SSSR count). The number of rotatable bonds is 4. The summed E-state index contributed by atoms with van der Waals surface area (Å²) in [7, 11) is 0. The summed E-state index contributed by atoms with van der Waals surface area (Å²) in [6, 6.07) is 0.716. The third-order valence-corrected chi connectivity index (χ3v) is 2.25. The van der Waals surface area contributed by atoms with Gasteiger partial charge in [-0.15, -0.1) is 0 Å². The van der Waals surface area contributed by atoms with Crippen LogP contribution in [-0.4, -0.2) is 5.97 Å². The van der Waals surface area contributed by atoms with Crippen molar-refractivity contribution in [2.24, 2.45) is 0 Å². The summed E-state index contributed by atoms with van der Waals surface area (Å²) in [5.74, 6) is -5.48. The fourth-order valence-electron chi connectivity index (χ4n) is 1.28. The highest BCUT2D eigenvalue weighted by Crippen LogP contribution is 2.27. The number of halogens is 3. The second kappa shape index (κ2) is 5.70. The molecule has 0 bridgehead atoms. The first-order valence-electron chi connectivity index (χ1n) is 5.32. The second-order valence-corrected chi connectivity index (χ2v) is 3.71. The van der Waals surface area contributed by atoms with E-state index in [2.05, 4.69) is 4.74 Å². The number of esters is 1. The molecule has 94 valence electrons. The smallest absolute Gasteiger partial charge is 0.311 e. The maximum atomic E-state index is 13.4. The third kappa shape index (κ3) is 3.22. The first kappa shape index (κ1) is 13.5. The van der Waals surface area contributed by atoms with Gasteiger partial charge < -0.3 is 4.74 Å². The molecule has 0 aromatic heterocycles. The lowest BCUT2D eigenvalue weighted by Crippen LogP contribution is -2.11. The van der Waals surface area contributed by atoms with E-state index in [1.54, 1.807) is 0 Å². The molecule has 0 radical (unpaired) electrons. The van der Waals surface area contributed by atoms with Crippen LogP contribution in [0, 0.1) is 24.4 Å². The van der Waals surface area contributed by atoms with Gasteiger partial charge >= 0.3 is 5.97 Å². The quantitative estimate of drug-likeness (QED) is 0.461. The minimum atomic E-state index is -1.47. The first-order chi connectivity index (χ1) is 7.97. The lowest BCUT2D eigenvalue weighted by Gasteiger charge is -2.08. The zero-order valence-corrected chi connectivity index (χ0v) is 9.65. The van der Waals surface area contributed by atoms with E-state index < -0.39 is 29.2 Å². The van der Waals surface area contributed by atoms with Crippen molar-refractivity contribution in [1.82, 2.24) is 0 Å². The molecule has 0 aliphatic heterocycles. The molecule has 0 amide bonds. The van der Waals surface area contributed by atoms with Crippen LogP contribution in [0.2, 0.25) is 0 Å². The minimum Gasteiger partial charge on any atom is -0.420 e. The van der Waals surface area contributed by atoms with Gasteiger partial charge in [0.05, 0.1) is 0 Å². The Morgan fingerprint density at radius 1 is 1.29 bits per heavy atom. The Morgan fingerprint density at radius 2 is 1.94 bits per heavy atom. The highest BCUT2D eigenvalue weighted by Gasteiger charge is 2.20. The van der Waals surface area contributed by atoms with Crippen LogP contribution >= 0.6 is 0 Å². The fraction of sp³-hybridized carbons (Fsp3) is 0.417. The highest BCUT2D eigenvalue weighted by atomic mass is 19.2. The van der Waals surface area contributed by atoms with Crippen molar-refractivity contribution in [2.75, 3.05) is 0 Å². The largest absolute Gasteiger partial charge is 0.420 e. The molecule has 0 N–H and O–H groups in total. The predicted molar refractivity (Wildman–Crippen MR) is 56.2 cm³/mol. The standard InChI is InChI=1S/C12H13F3O2/c1-3-4-5-9(16)17-12-10(14)7(2)6-8(13)11(12)15/h6H,3-5H2,1-2H3. The Balaban J connectivity index is 2.94. The fourth-order valence-corrected chi connectivity index (χ4v) is 1.28. The number of unbranched alkanes of at least 4 members (excludes halogenated alkanes) is 1. The van der Waals surface area contributed by atoms with E-state index in [0.29, 0.717) is 12.5 Å². The van der Waals surface area contributed by atoms with Crippen molar-refractivity contribution in [3.63, 3.8) is 0 Å². The van der Waals surface area contributed by atoms with Crippen molar-refractivity contribution in [1.29, 1.82) is 0 Å². The summed E-state index contributed by atoms with van der Waals surface area (Å²) in [6.45, 7) is 3.13. The van der Waals surface area contributed by atoms with E-state index >= 15 is 0 Å². The van der Waals surface area contributed by atoms with Gasteiger partial charge in [0, 0.05) is 6.42 Å². The Morgan fingerprint density at radius 3 is 2.53 bits per heavy atom. The van der Waals surface area contributed by atoms with Crippen molar-refractivity contribution in [3.05, 3.63) is 29.1 Å². The number of carbonyl (C=O) groups excluding carboxylic acids is 1. The highest BCUT2D eigenvalue weighted by molar-refractivity contribution is 5.72. The number of aryl methyl sites for hydroxylation is 1. The second-order valence-electron chi connectivity index (χ2n) is 3.71. The average Bonchev–Trinajstić information content (AvgIpc) is 2.29. The topological polar surface area (TPSA) is 26.3 Å². The molecule has 0 atom stereocenters. The van der Waals surface area contributed by atoms with Gasteiger partial charge in [-0.2, -0.15) is 4.39 Å². The molecule has 0 aliphatic carbocycles. The summed E-state index contributed by atoms with van der Waals surface area (Å²) in [5.41, 5.74) is -0.109. The zero-order valence-electron chi connectivity index (χ0n) is 9.65. The van der Waals surface area contributed by atoms with Crippen LogP contribution in [-0.2, 0) is 4.79 Å². The average molecular weight is 246 g/mol. The first-order valence-corrected chi connectivity index (χ1v) is 5.32. The van der Waals surface area contributed by atoms with Gasteiger partial charge in [-0.25, -0.2) is 8.78 Å². The number of hydrogen-bond acceptors (Lipinski definition) is 2. The molecule has 0 unspecified atom stereocenters. The molecule has 5 heteroatoms. The van der Waals surface area contributed by atoms with E-state index in [0.717, 1.165) is 6.42 Å². The van der Waals surface area contributed by atoms with Gasteiger partial charge in [0.2, 0.25) is 11.6 Å². The maximum Gasteiger partial charge on any atom is 0.311 e. The van der Waals surface area contributed by atoms with Gasteiger partial charge in [0.15, 0.2) is 11.6 Å². The molecule has 1 aromatic rings. The van der Waals surface area contributed by atoms with E-state index in [9.17, 15) is 18.0 Å². The summed E-state index contributed by atoms with van der Waals surface area (Å²) in [4.78, 5) is 11.2. The van der Waals surface area contributed by atoms with E-state index in [4.69, 9.17) is 0 Å². The monoisotopic (exact) mass is 246 g/mol. The van der Waals surface area contributed by atoms with E-state index in [-0.39, 0.29) is 12.0 Å². The molecular weight excluding hydrogens is 233 g/mol. The summed E-state index contributed by atoms with van der Waals surface area (Å²) >= 11 is 0. The Labute approximate surface area is 97.4 Å². The van der Waals surface area contributed by atoms with E-state index in [1.165, 1.54) is 6.92 Å². The minimum absolute atomic E-state index is 0.0466. The van der Waals surface area contributed by atoms with Crippen LogP contribution in [0.4, 0.5) is 13.2 Å². The molecule has 2 nitrogen and oxygen atoms in total. The van der Waals surface area contributed by atoms with Crippen LogP contribution in [0.25, 0.3) is 0 Å². The van der Waals surface area contributed by atoms with Gasteiger partial charge in [-0.3, -0.25) is 4.79 Å². The zero-order chi connectivity index (χ0) is 13.0. The normalized spacial score (nSPS) is 10.4. The lowest BCUT2D eigenvalue weighted by atomic mass is 10.2. The van der Waals surface area contributed by atoms with Gasteiger partial charge in [0.1, 0.15) is 0 Å². The van der Waals surface area contributed by atoms with Gasteiger partial charge in [-0.05, 0) is 25.0 Å². The molecule has 0 aliphatic rings. The third-order valence-electron chi connectivity index (χ3n) is 2.25. The van der Waals surface area contributed by atoms with Crippen LogP contribution in [0.1, 0.15) is 31.7 Å². The Bertz CT molecular complexity index is 404. The Hall–Kier alpha value is -1.52. The van der Waals surface area contributed by atoms with Crippen molar-refractivity contribution < 1.29 is 22.7 Å². The number of carbonyl (C=O) groups is 1. The molecule has 17 heavy (non-hydrogen) atoms. The molecule has 0 heterocycles. The molecule has 0 saturated heterocycles. The molecule has 0 fully saturated rings. The SMILES string of the molecule is CCCCC(=O)Oc1c(F)c(C)cc(F)c1F. The number of ether oxygens (including phenoxy) is 1. The predicted octanol–water partition coefficient (Wildman–Crippen LogP) is 3.51. The molecule has 0 spiro atoms. The lowest BCUT2D eigenvalue weighted by molar-refractivity contribution is -0.134. The molecule has 1 aromatic carbocycles. The Kier molecular flexibility index (Phi) is 4.54. The maximum absolute atomic E-state index is 13.4. The molecule has 0 saturated carbocycles. The van der Waals surface area contributed by atoms with Crippen LogP contribution in [0.15, 0.2) is 6.07 Å². The number of hydrogen-bond donors (Lipinski definition) is 0. The number of benzene rings is 1. The summed E-state index contributed by atoms with van der Waals surface area (Å²) in [5, 5.41) is 0. The van der Waals surface area contributed by atoms with Crippen LogP contribution in [0.3, 0.4) is 0 Å². The molecular formula is C12H13F3O2. The summed E-state index contributed by atoms with van der Waals surface area (Å²) < 4.78 is 44.2. The van der Waals surface area contributed by atoms with Crippen molar-refractivity contribution >= 4 is 5.97 Å². The van der Waals surface area contributed by atoms with E-state index in [1.807, 2.05) is 6.92 Å². The van der Waals surface area contributed by atoms with Crippen LogP contribution < -0.4 is 4.74 Å². The summed E-state index contributed by atoms with van der Waals surface area (Å²) in [6.07, 6.45) is 1.35. The van der Waals surface area contributed by atoms with Gasteiger partial charge in [0.25, 0.3) is 0 Å². The van der Waals surface area contributed by atoms with Crippen molar-refractivity contribution in [3.8, 4) is 5.75 Å². The van der Waals surface area contributed by atoms with Crippen molar-refractivity contribution in [2.45, 2.75) is 33.1 Å².